The van der Waals surface area contributed by atoms with Crippen molar-refractivity contribution in [1.29, 1.82) is 0 Å². The van der Waals surface area contributed by atoms with Crippen molar-refractivity contribution in [2.75, 3.05) is 63.9 Å². The van der Waals surface area contributed by atoms with Gasteiger partial charge in [-0.05, 0) is 94.8 Å². The molecule has 16 nitrogen and oxygen atoms in total. The van der Waals surface area contributed by atoms with Gasteiger partial charge in [0.25, 0.3) is 30.4 Å². The van der Waals surface area contributed by atoms with Crippen LogP contribution in [0.2, 0.25) is 0 Å². The first-order valence-electron chi connectivity index (χ1n) is 19.7. The first-order chi connectivity index (χ1) is 28.2. The van der Waals surface area contributed by atoms with E-state index in [0.29, 0.717) is 82.0 Å². The molecule has 4 rings (SSSR count). The summed E-state index contributed by atoms with van der Waals surface area (Å²) in [5.74, 6) is -1.37. The molecule has 19 heteroatoms. The fourth-order valence-corrected chi connectivity index (χ4v) is 9.44. The molecule has 2 aliphatic heterocycles. The number of anilines is 1. The van der Waals surface area contributed by atoms with Crippen molar-refractivity contribution in [2.45, 2.75) is 86.3 Å². The Balaban J connectivity index is 1.74. The third kappa shape index (κ3) is 12.4. The number of carboxylic acid groups (broad SMARTS) is 1. The second-order valence-electron chi connectivity index (χ2n) is 15.1. The highest BCUT2D eigenvalue weighted by molar-refractivity contribution is 7.86. The van der Waals surface area contributed by atoms with Crippen LogP contribution in [0.5, 0.6) is 0 Å². The van der Waals surface area contributed by atoms with Crippen molar-refractivity contribution < 1.29 is 67.6 Å². The molecule has 2 aliphatic rings. The van der Waals surface area contributed by atoms with Crippen LogP contribution in [0.4, 0.5) is 11.4 Å². The van der Waals surface area contributed by atoms with Crippen molar-refractivity contribution >= 4 is 53.4 Å². The number of methoxy groups -OCH3 is 1. The zero-order valence-corrected chi connectivity index (χ0v) is 36.9. The minimum absolute atomic E-state index is 0.0388. The lowest BCUT2D eigenvalue weighted by atomic mass is 9.76. The van der Waals surface area contributed by atoms with Gasteiger partial charge in [0.05, 0.1) is 47.4 Å². The number of likely N-dealkylation sites (N-methyl/N-ethyl adjacent to an activating group) is 1. The third-order valence-corrected chi connectivity index (χ3v) is 13.5. The maximum atomic E-state index is 12.3. The van der Waals surface area contributed by atoms with Crippen LogP contribution in [-0.2, 0) is 60.2 Å². The first kappa shape index (κ1) is 48.9. The lowest BCUT2D eigenvalue weighted by Gasteiger charge is -2.30. The van der Waals surface area contributed by atoms with Gasteiger partial charge in [-0.15, -0.1) is 0 Å². The normalized spacial score (nSPS) is 20.2. The standard InChI is InChI=1S/C41H56N2O14S3/c1-5-42-35-18-16-31(59(49,50)51)29-33(35)40(2,20-12-28-58(46,47)48)37(42)13-8-6-9-14-38-41(3,21-23-56-26-27-57-25-24-55-4)34-30-32(60(52,53)54)17-19-36(34)43(38)22-11-7-10-15-39(44)45/h6,8-9,13-14,16-19,29-30H,5,7,10-12,15,20-28H2,1-4H3,(H3-,44,45,46,47,48,49,50,51,52,53,54)/p+1. The molecule has 2 aromatic carbocycles. The Bertz CT molecular complexity index is 2320. The number of rotatable bonds is 25. The average molecular weight is 898 g/mol. The quantitative estimate of drug-likeness (QED) is 0.0404. The molecule has 2 aromatic rings. The second-order valence-corrected chi connectivity index (χ2v) is 19.5. The van der Waals surface area contributed by atoms with E-state index >= 15 is 0 Å². The zero-order valence-electron chi connectivity index (χ0n) is 34.4. The number of aliphatic carboxylic acids is 1. The molecule has 0 bridgehead atoms. The van der Waals surface area contributed by atoms with Gasteiger partial charge in [0.1, 0.15) is 6.54 Å². The van der Waals surface area contributed by atoms with Gasteiger partial charge in [0.2, 0.25) is 5.69 Å². The van der Waals surface area contributed by atoms with Gasteiger partial charge in [-0.25, -0.2) is 0 Å². The van der Waals surface area contributed by atoms with Crippen LogP contribution in [0.15, 0.2) is 82.3 Å². The number of unbranched alkanes of at least 4 members (excludes halogenated alkanes) is 2. The average Bonchev–Trinajstić information content (AvgIpc) is 3.53. The summed E-state index contributed by atoms with van der Waals surface area (Å²) in [5.41, 5.74) is 2.51. The molecule has 4 N–H and O–H groups in total. The summed E-state index contributed by atoms with van der Waals surface area (Å²) >= 11 is 0. The SMILES string of the molecule is CCN1/C(=C/C=C/C=C/C2=[N+](CCCCCC(=O)O)c3ccc(S(=O)(=O)O)cc3C2(C)CCOCCOCCOC)C(C)(CCCS(=O)(=O)O)c2cc(S(=O)(=O)O)ccc21. The van der Waals surface area contributed by atoms with Gasteiger partial charge >= 0.3 is 5.97 Å². The topological polar surface area (TPSA) is 234 Å². The van der Waals surface area contributed by atoms with Crippen molar-refractivity contribution in [3.05, 3.63) is 83.6 Å². The van der Waals surface area contributed by atoms with Gasteiger partial charge in [-0.1, -0.05) is 18.2 Å². The number of carbonyl (C=O) groups is 1. The number of carboxylic acids is 1. The Hall–Kier alpha value is -3.79. The maximum Gasteiger partial charge on any atom is 0.303 e. The maximum absolute atomic E-state index is 12.3. The van der Waals surface area contributed by atoms with E-state index in [1.165, 1.54) is 24.3 Å². The van der Waals surface area contributed by atoms with E-state index in [1.54, 1.807) is 31.4 Å². The van der Waals surface area contributed by atoms with Gasteiger partial charge in [0, 0.05) is 67.6 Å². The predicted octanol–water partition coefficient (Wildman–Crippen LogP) is 5.71. The minimum Gasteiger partial charge on any atom is -0.481 e. The molecule has 0 saturated heterocycles. The number of hydrogen-bond acceptors (Lipinski definition) is 11. The summed E-state index contributed by atoms with van der Waals surface area (Å²) in [6.45, 7) is 8.54. The Morgan fingerprint density at radius 3 is 2.02 bits per heavy atom. The Morgan fingerprint density at radius 1 is 0.767 bits per heavy atom. The Kier molecular flexibility index (Phi) is 17.0. The molecule has 332 valence electrons. The molecule has 60 heavy (non-hydrogen) atoms. The molecule has 0 aliphatic carbocycles. The molecule has 2 unspecified atom stereocenters. The Labute approximate surface area is 353 Å². The van der Waals surface area contributed by atoms with Crippen LogP contribution < -0.4 is 4.90 Å². The van der Waals surface area contributed by atoms with Crippen molar-refractivity contribution in [3.63, 3.8) is 0 Å². The van der Waals surface area contributed by atoms with Gasteiger partial charge in [-0.3, -0.25) is 18.5 Å². The van der Waals surface area contributed by atoms with E-state index in [-0.39, 0.29) is 35.7 Å². The lowest BCUT2D eigenvalue weighted by Crippen LogP contribution is -2.33. The summed E-state index contributed by atoms with van der Waals surface area (Å²) in [7, 11) is -11.8. The lowest BCUT2D eigenvalue weighted by molar-refractivity contribution is -0.438. The van der Waals surface area contributed by atoms with E-state index in [9.17, 15) is 43.7 Å². The highest BCUT2D eigenvalue weighted by Crippen LogP contribution is 2.51. The molecule has 0 fully saturated rings. The van der Waals surface area contributed by atoms with Crippen LogP contribution >= 0.6 is 0 Å². The van der Waals surface area contributed by atoms with Crippen molar-refractivity contribution in [3.8, 4) is 0 Å². The minimum atomic E-state index is -4.55. The smallest absolute Gasteiger partial charge is 0.303 e. The van der Waals surface area contributed by atoms with Crippen LogP contribution in [0, 0.1) is 0 Å². The number of allylic oxidation sites excluding steroid dienone is 6. The molecule has 0 saturated carbocycles. The van der Waals surface area contributed by atoms with Crippen molar-refractivity contribution in [2.24, 2.45) is 0 Å². The van der Waals surface area contributed by atoms with Crippen LogP contribution in [0.3, 0.4) is 0 Å². The predicted molar refractivity (Wildman–Crippen MR) is 226 cm³/mol. The highest BCUT2D eigenvalue weighted by Gasteiger charge is 2.48. The summed E-state index contributed by atoms with van der Waals surface area (Å²) in [6, 6.07) is 8.79. The van der Waals surface area contributed by atoms with E-state index in [4.69, 9.17) is 19.3 Å². The van der Waals surface area contributed by atoms with Crippen molar-refractivity contribution in [1.82, 2.24) is 0 Å². The summed E-state index contributed by atoms with van der Waals surface area (Å²) in [4.78, 5) is 12.6. The molecule has 0 aromatic heterocycles. The fourth-order valence-electron chi connectivity index (χ4n) is 7.92. The molecule has 0 radical (unpaired) electrons. The number of nitrogens with zero attached hydrogens (tertiary/aromatic N) is 2. The summed E-state index contributed by atoms with van der Waals surface area (Å²) in [6.07, 6.45) is 11.7. The Morgan fingerprint density at radius 2 is 1.40 bits per heavy atom. The highest BCUT2D eigenvalue weighted by atomic mass is 32.2. The molecule has 0 amide bonds. The third-order valence-electron chi connectivity index (χ3n) is 11.0. The van der Waals surface area contributed by atoms with Gasteiger partial charge in [0.15, 0.2) is 5.71 Å². The number of hydrogen-bond donors (Lipinski definition) is 4. The first-order valence-corrected chi connectivity index (χ1v) is 24.2. The largest absolute Gasteiger partial charge is 0.481 e. The molecular weight excluding hydrogens is 841 g/mol. The van der Waals surface area contributed by atoms with Crippen LogP contribution in [0.1, 0.15) is 76.8 Å². The number of ether oxygens (including phenoxy) is 3. The second kappa shape index (κ2) is 20.9. The van der Waals surface area contributed by atoms with E-state index < -0.39 is 52.9 Å². The zero-order chi connectivity index (χ0) is 44.4. The summed E-state index contributed by atoms with van der Waals surface area (Å²) < 4.78 is 120. The van der Waals surface area contributed by atoms with E-state index in [1.807, 2.05) is 43.9 Å². The molecular formula is C41H57N2O14S3+. The summed E-state index contributed by atoms with van der Waals surface area (Å²) in [5, 5.41) is 9.16. The van der Waals surface area contributed by atoms with Gasteiger partial charge < -0.3 is 24.2 Å². The van der Waals surface area contributed by atoms with Gasteiger partial charge in [-0.2, -0.15) is 29.8 Å². The number of benzene rings is 2. The van der Waals surface area contributed by atoms with E-state index in [2.05, 4.69) is 4.58 Å². The van der Waals surface area contributed by atoms with Crippen LogP contribution in [0.25, 0.3) is 0 Å². The fraction of sp³-hybridized carbons (Fsp3) is 0.512. The number of fused-ring (bicyclic) bond motifs is 2. The molecule has 2 heterocycles. The molecule has 0 spiro atoms. The monoisotopic (exact) mass is 897 g/mol. The van der Waals surface area contributed by atoms with Crippen LogP contribution in [-0.4, -0.2) is 119 Å². The van der Waals surface area contributed by atoms with E-state index in [0.717, 1.165) is 17.1 Å². The molecule has 2 atom stereocenters.